The maximum atomic E-state index is 2.26. The standard InChI is InChI=1S/C15H16.4C2H6/c1-15(2,13-9-5-3-6-10-13)14-11-7-4-8-12-14;4*1-2/h3-12H,1-2H3;4*1-2H3. The van der Waals surface area contributed by atoms with Gasteiger partial charge in [-0.25, -0.2) is 0 Å². The van der Waals surface area contributed by atoms with Gasteiger partial charge in [-0.1, -0.05) is 130 Å². The zero-order valence-corrected chi connectivity index (χ0v) is 17.3. The Hall–Kier alpha value is -1.56. The van der Waals surface area contributed by atoms with Crippen molar-refractivity contribution in [3.8, 4) is 0 Å². The Kier molecular flexibility index (Phi) is 21.2. The van der Waals surface area contributed by atoms with Crippen molar-refractivity contribution in [2.24, 2.45) is 0 Å². The van der Waals surface area contributed by atoms with E-state index in [-0.39, 0.29) is 5.41 Å². The minimum Gasteiger partial charge on any atom is -0.0683 e. The van der Waals surface area contributed by atoms with E-state index in [0.717, 1.165) is 0 Å². The molecule has 0 aliphatic carbocycles. The third-order valence-corrected chi connectivity index (χ3v) is 2.99. The fraction of sp³-hybridized carbons (Fsp3) is 0.478. The van der Waals surface area contributed by atoms with Crippen molar-refractivity contribution >= 4 is 0 Å². The molecule has 2 aromatic rings. The predicted molar refractivity (Wildman–Crippen MR) is 110 cm³/mol. The maximum absolute atomic E-state index is 2.26. The molecule has 2 aromatic carbocycles. The van der Waals surface area contributed by atoms with Crippen LogP contribution in [0.25, 0.3) is 0 Å². The second-order valence-corrected chi connectivity index (χ2v) is 4.36. The summed E-state index contributed by atoms with van der Waals surface area (Å²) in [4.78, 5) is 0. The van der Waals surface area contributed by atoms with E-state index in [9.17, 15) is 0 Å². The summed E-state index contributed by atoms with van der Waals surface area (Å²) in [7, 11) is 0. The van der Waals surface area contributed by atoms with E-state index in [0.29, 0.717) is 0 Å². The lowest BCUT2D eigenvalue weighted by molar-refractivity contribution is 0.641. The lowest BCUT2D eigenvalue weighted by Gasteiger charge is -2.25. The van der Waals surface area contributed by atoms with Gasteiger partial charge in [0.15, 0.2) is 0 Å². The summed E-state index contributed by atoms with van der Waals surface area (Å²) in [6, 6.07) is 21.3. The molecule has 0 aliphatic heterocycles. The lowest BCUT2D eigenvalue weighted by Crippen LogP contribution is -2.18. The predicted octanol–water partition coefficient (Wildman–Crippen LogP) is 8.12. The summed E-state index contributed by atoms with van der Waals surface area (Å²) in [5.41, 5.74) is 2.80. The highest BCUT2D eigenvalue weighted by Gasteiger charge is 2.21. The molecule has 0 saturated carbocycles. The van der Waals surface area contributed by atoms with Crippen molar-refractivity contribution in [1.82, 2.24) is 0 Å². The SMILES string of the molecule is CC.CC.CC.CC.CC(C)(c1ccccc1)c1ccccc1. The minimum atomic E-state index is 0.0858. The van der Waals surface area contributed by atoms with E-state index < -0.39 is 0 Å². The third kappa shape index (κ3) is 9.94. The number of benzene rings is 2. The van der Waals surface area contributed by atoms with Gasteiger partial charge in [-0.15, -0.1) is 0 Å². The first kappa shape index (κ1) is 26.3. The number of rotatable bonds is 2. The van der Waals surface area contributed by atoms with Crippen LogP contribution in [0.1, 0.15) is 80.4 Å². The average molecular weight is 317 g/mol. The molecule has 0 bridgehead atoms. The third-order valence-electron chi connectivity index (χ3n) is 2.99. The molecule has 0 unspecified atom stereocenters. The van der Waals surface area contributed by atoms with Crippen LogP contribution in [-0.4, -0.2) is 0 Å². The van der Waals surface area contributed by atoms with Crippen molar-refractivity contribution in [3.63, 3.8) is 0 Å². The van der Waals surface area contributed by atoms with Crippen LogP contribution in [-0.2, 0) is 5.41 Å². The molecule has 0 heterocycles. The topological polar surface area (TPSA) is 0 Å². The van der Waals surface area contributed by atoms with Crippen LogP contribution < -0.4 is 0 Å². The Labute approximate surface area is 147 Å². The molecule has 132 valence electrons. The van der Waals surface area contributed by atoms with Gasteiger partial charge < -0.3 is 0 Å². The fourth-order valence-electron chi connectivity index (χ4n) is 1.88. The largest absolute Gasteiger partial charge is 0.0683 e. The van der Waals surface area contributed by atoms with Gasteiger partial charge in [-0.05, 0) is 11.1 Å². The van der Waals surface area contributed by atoms with E-state index >= 15 is 0 Å². The first-order chi connectivity index (χ1) is 11.2. The smallest absolute Gasteiger partial charge is 0.0146 e. The van der Waals surface area contributed by atoms with Crippen LogP contribution in [0.15, 0.2) is 60.7 Å². The quantitative estimate of drug-likeness (QED) is 0.524. The Morgan fingerprint density at radius 2 is 0.652 bits per heavy atom. The van der Waals surface area contributed by atoms with E-state index in [1.165, 1.54) is 11.1 Å². The van der Waals surface area contributed by atoms with Crippen molar-refractivity contribution in [2.75, 3.05) is 0 Å². The molecule has 0 atom stereocenters. The van der Waals surface area contributed by atoms with Gasteiger partial charge >= 0.3 is 0 Å². The molecular formula is C23H40. The monoisotopic (exact) mass is 316 g/mol. The molecule has 0 heteroatoms. The minimum absolute atomic E-state index is 0.0858. The zero-order valence-electron chi connectivity index (χ0n) is 17.3. The molecule has 0 fully saturated rings. The van der Waals surface area contributed by atoms with Crippen LogP contribution >= 0.6 is 0 Å². The Bertz CT molecular complexity index is 371. The lowest BCUT2D eigenvalue weighted by atomic mass is 9.78. The molecule has 0 nitrogen and oxygen atoms in total. The summed E-state index contributed by atoms with van der Waals surface area (Å²) < 4.78 is 0. The van der Waals surface area contributed by atoms with Crippen LogP contribution in [0.5, 0.6) is 0 Å². The molecule has 0 spiro atoms. The highest BCUT2D eigenvalue weighted by molar-refractivity contribution is 5.36. The summed E-state index contributed by atoms with van der Waals surface area (Å²) in [5.74, 6) is 0. The molecule has 0 radical (unpaired) electrons. The van der Waals surface area contributed by atoms with Crippen molar-refractivity contribution in [2.45, 2.75) is 74.7 Å². The van der Waals surface area contributed by atoms with Crippen molar-refractivity contribution in [1.29, 1.82) is 0 Å². The molecular weight excluding hydrogens is 276 g/mol. The van der Waals surface area contributed by atoms with Gasteiger partial charge in [-0.3, -0.25) is 0 Å². The second kappa shape index (κ2) is 18.5. The summed E-state index contributed by atoms with van der Waals surface area (Å²) in [5, 5.41) is 0. The van der Waals surface area contributed by atoms with Crippen LogP contribution in [0.3, 0.4) is 0 Å². The molecule has 0 aromatic heterocycles. The Balaban J connectivity index is -0.000000438. The van der Waals surface area contributed by atoms with Crippen molar-refractivity contribution in [3.05, 3.63) is 71.8 Å². The highest BCUT2D eigenvalue weighted by atomic mass is 14.2. The average Bonchev–Trinajstić information content (AvgIpc) is 2.69. The van der Waals surface area contributed by atoms with Gasteiger partial charge in [0.1, 0.15) is 0 Å². The maximum Gasteiger partial charge on any atom is 0.0146 e. The normalized spacial score (nSPS) is 8.43. The fourth-order valence-corrected chi connectivity index (χ4v) is 1.88. The van der Waals surface area contributed by atoms with E-state index in [4.69, 9.17) is 0 Å². The van der Waals surface area contributed by atoms with E-state index in [1.54, 1.807) is 0 Å². The van der Waals surface area contributed by atoms with Crippen LogP contribution in [0.4, 0.5) is 0 Å². The Morgan fingerprint density at radius 1 is 0.435 bits per heavy atom. The van der Waals surface area contributed by atoms with Crippen molar-refractivity contribution < 1.29 is 0 Å². The summed E-state index contributed by atoms with van der Waals surface area (Å²) >= 11 is 0. The van der Waals surface area contributed by atoms with E-state index in [1.807, 2.05) is 55.4 Å². The molecule has 0 aliphatic rings. The molecule has 0 amide bonds. The molecule has 2 rings (SSSR count). The number of hydrogen-bond acceptors (Lipinski definition) is 0. The van der Waals surface area contributed by atoms with Gasteiger partial charge in [0.2, 0.25) is 0 Å². The van der Waals surface area contributed by atoms with Gasteiger partial charge in [0.25, 0.3) is 0 Å². The van der Waals surface area contributed by atoms with E-state index in [2.05, 4.69) is 74.5 Å². The highest BCUT2D eigenvalue weighted by Crippen LogP contribution is 2.30. The Morgan fingerprint density at radius 3 is 0.870 bits per heavy atom. The van der Waals surface area contributed by atoms with Gasteiger partial charge in [-0.2, -0.15) is 0 Å². The van der Waals surface area contributed by atoms with Gasteiger partial charge in [0.05, 0.1) is 0 Å². The summed E-state index contributed by atoms with van der Waals surface area (Å²) in [6.07, 6.45) is 0. The summed E-state index contributed by atoms with van der Waals surface area (Å²) in [6.45, 7) is 20.5. The molecule has 0 saturated heterocycles. The van der Waals surface area contributed by atoms with Crippen LogP contribution in [0.2, 0.25) is 0 Å². The molecule has 0 N–H and O–H groups in total. The van der Waals surface area contributed by atoms with Crippen LogP contribution in [0, 0.1) is 0 Å². The van der Waals surface area contributed by atoms with Gasteiger partial charge in [0, 0.05) is 5.41 Å². The zero-order chi connectivity index (χ0) is 18.7. The number of hydrogen-bond donors (Lipinski definition) is 0. The first-order valence-corrected chi connectivity index (χ1v) is 9.32. The first-order valence-electron chi connectivity index (χ1n) is 9.32. The molecule has 23 heavy (non-hydrogen) atoms. The second-order valence-electron chi connectivity index (χ2n) is 4.36.